The van der Waals surface area contributed by atoms with E-state index in [0.29, 0.717) is 0 Å². The van der Waals surface area contributed by atoms with Crippen LogP contribution in [-0.2, 0) is 11.3 Å². The molecule has 0 aliphatic carbocycles. The van der Waals surface area contributed by atoms with Crippen LogP contribution in [0.2, 0.25) is 0 Å². The minimum Gasteiger partial charge on any atom is -0.324 e. The van der Waals surface area contributed by atoms with Gasteiger partial charge in [-0.3, -0.25) is 9.36 Å². The van der Waals surface area contributed by atoms with Crippen LogP contribution in [0.4, 0.5) is 5.69 Å². The van der Waals surface area contributed by atoms with E-state index in [0.717, 1.165) is 27.8 Å². The molecule has 112 valence electrons. The number of aryl methyl sites for hydroxylation is 1. The smallest absolute Gasteiger partial charge is 0.324 e. The van der Waals surface area contributed by atoms with Gasteiger partial charge in [0.05, 0.1) is 11.0 Å². The van der Waals surface area contributed by atoms with Gasteiger partial charge in [-0.15, -0.1) is 0 Å². The molecule has 3 rings (SSSR count). The molecule has 0 radical (unpaired) electrons. The minimum absolute atomic E-state index is 0.0176. The lowest BCUT2D eigenvalue weighted by molar-refractivity contribution is -0.116. The number of nitrogens with zero attached hydrogens (tertiary/aromatic N) is 1. The molecule has 2 N–H and O–H groups in total. The number of para-hydroxylation sites is 2. The fraction of sp³-hybridized carbons (Fsp3) is 0.176. The van der Waals surface area contributed by atoms with Gasteiger partial charge in [-0.2, -0.15) is 0 Å². The van der Waals surface area contributed by atoms with E-state index < -0.39 is 0 Å². The number of fused-ring (bicyclic) bond motifs is 1. The summed E-state index contributed by atoms with van der Waals surface area (Å²) in [6.07, 6.45) is 0. The molecule has 0 aliphatic rings. The minimum atomic E-state index is -0.280. The van der Waals surface area contributed by atoms with E-state index in [1.807, 2.05) is 56.3 Å². The van der Waals surface area contributed by atoms with Crippen molar-refractivity contribution >= 4 is 22.6 Å². The van der Waals surface area contributed by atoms with E-state index in [9.17, 15) is 9.59 Å². The molecule has 0 saturated heterocycles. The molecule has 0 bridgehead atoms. The highest BCUT2D eigenvalue weighted by Crippen LogP contribution is 2.18. The Balaban J connectivity index is 1.86. The van der Waals surface area contributed by atoms with Gasteiger partial charge in [0.1, 0.15) is 6.54 Å². The van der Waals surface area contributed by atoms with Gasteiger partial charge in [-0.25, -0.2) is 4.79 Å². The van der Waals surface area contributed by atoms with Gasteiger partial charge in [0.2, 0.25) is 5.91 Å². The van der Waals surface area contributed by atoms with Gasteiger partial charge in [0, 0.05) is 5.69 Å². The Labute approximate surface area is 127 Å². The second-order valence-electron chi connectivity index (χ2n) is 5.33. The number of amides is 1. The van der Waals surface area contributed by atoms with Crippen molar-refractivity contribution < 1.29 is 4.79 Å². The number of nitrogens with one attached hydrogen (secondary N) is 2. The number of rotatable bonds is 3. The van der Waals surface area contributed by atoms with Gasteiger partial charge in [-0.1, -0.05) is 24.3 Å². The Morgan fingerprint density at radius 2 is 1.91 bits per heavy atom. The lowest BCUT2D eigenvalue weighted by Gasteiger charge is -2.10. The molecule has 5 heteroatoms. The molecule has 0 aliphatic heterocycles. The maximum atomic E-state index is 12.3. The van der Waals surface area contributed by atoms with Gasteiger partial charge < -0.3 is 10.3 Å². The third kappa shape index (κ3) is 2.53. The zero-order chi connectivity index (χ0) is 15.7. The number of hydrogen-bond acceptors (Lipinski definition) is 2. The summed E-state index contributed by atoms with van der Waals surface area (Å²) in [7, 11) is 0. The maximum Gasteiger partial charge on any atom is 0.326 e. The molecule has 22 heavy (non-hydrogen) atoms. The van der Waals surface area contributed by atoms with Crippen molar-refractivity contribution in [3.8, 4) is 0 Å². The summed E-state index contributed by atoms with van der Waals surface area (Å²) in [5, 5.41) is 2.87. The molecule has 1 aromatic heterocycles. The molecule has 0 atom stereocenters. The summed E-state index contributed by atoms with van der Waals surface area (Å²) in [5.74, 6) is -0.222. The van der Waals surface area contributed by atoms with Gasteiger partial charge >= 0.3 is 5.69 Å². The van der Waals surface area contributed by atoms with E-state index in [-0.39, 0.29) is 18.1 Å². The Morgan fingerprint density at radius 1 is 1.14 bits per heavy atom. The van der Waals surface area contributed by atoms with Gasteiger partial charge in [-0.05, 0) is 43.2 Å². The Bertz CT molecular complexity index is 906. The van der Waals surface area contributed by atoms with Crippen molar-refractivity contribution in [3.63, 3.8) is 0 Å². The molecule has 3 aromatic rings. The van der Waals surface area contributed by atoms with Crippen LogP contribution in [0.25, 0.3) is 11.0 Å². The van der Waals surface area contributed by atoms with Crippen LogP contribution in [0.5, 0.6) is 0 Å². The highest BCUT2D eigenvalue weighted by atomic mass is 16.2. The molecule has 0 unspecified atom stereocenters. The lowest BCUT2D eigenvalue weighted by Crippen LogP contribution is -2.26. The largest absolute Gasteiger partial charge is 0.326 e. The Hall–Kier alpha value is -2.82. The number of carbonyl (C=O) groups is 1. The number of hydrogen-bond donors (Lipinski definition) is 2. The van der Waals surface area contributed by atoms with Crippen LogP contribution < -0.4 is 11.0 Å². The third-order valence-electron chi connectivity index (χ3n) is 3.86. The van der Waals surface area contributed by atoms with E-state index in [1.54, 1.807) is 0 Å². The monoisotopic (exact) mass is 295 g/mol. The number of H-pyrrole nitrogens is 1. The van der Waals surface area contributed by atoms with Crippen molar-refractivity contribution in [1.29, 1.82) is 0 Å². The van der Waals surface area contributed by atoms with Crippen LogP contribution in [-0.4, -0.2) is 15.5 Å². The summed E-state index contributed by atoms with van der Waals surface area (Å²) in [6.45, 7) is 3.94. The summed E-state index contributed by atoms with van der Waals surface area (Å²) in [5.41, 5.74) is 4.09. The number of benzene rings is 2. The number of aromatic nitrogens is 2. The average molecular weight is 295 g/mol. The van der Waals surface area contributed by atoms with Crippen molar-refractivity contribution in [2.75, 3.05) is 5.32 Å². The third-order valence-corrected chi connectivity index (χ3v) is 3.86. The topological polar surface area (TPSA) is 66.9 Å². The Morgan fingerprint density at radius 3 is 2.73 bits per heavy atom. The molecule has 0 saturated carbocycles. The molecule has 0 fully saturated rings. The first-order chi connectivity index (χ1) is 10.6. The number of anilines is 1. The first-order valence-corrected chi connectivity index (χ1v) is 7.10. The van der Waals surface area contributed by atoms with E-state index >= 15 is 0 Å². The van der Waals surface area contributed by atoms with Crippen molar-refractivity contribution in [1.82, 2.24) is 9.55 Å². The van der Waals surface area contributed by atoms with Crippen LogP contribution in [0, 0.1) is 13.8 Å². The number of carbonyl (C=O) groups excluding carboxylic acids is 1. The predicted octanol–water partition coefficient (Wildman–Crippen LogP) is 2.59. The lowest BCUT2D eigenvalue weighted by atomic mass is 10.1. The second kappa shape index (κ2) is 5.52. The average Bonchev–Trinajstić information content (AvgIpc) is 2.80. The Kier molecular flexibility index (Phi) is 3.55. The highest BCUT2D eigenvalue weighted by Gasteiger charge is 2.11. The first-order valence-electron chi connectivity index (χ1n) is 7.10. The molecule has 2 aromatic carbocycles. The van der Waals surface area contributed by atoms with Crippen LogP contribution in [0.1, 0.15) is 11.1 Å². The van der Waals surface area contributed by atoms with Gasteiger partial charge in [0.25, 0.3) is 0 Å². The van der Waals surface area contributed by atoms with E-state index in [4.69, 9.17) is 0 Å². The maximum absolute atomic E-state index is 12.3. The van der Waals surface area contributed by atoms with E-state index in [1.165, 1.54) is 4.57 Å². The molecular weight excluding hydrogens is 278 g/mol. The SMILES string of the molecule is Cc1cccc(NC(=O)Cn2c(=O)[nH]c3ccccc32)c1C. The first kappa shape index (κ1) is 14.1. The van der Waals surface area contributed by atoms with E-state index in [2.05, 4.69) is 10.3 Å². The molecule has 0 spiro atoms. The number of imidazole rings is 1. The van der Waals surface area contributed by atoms with Crippen LogP contribution in [0.3, 0.4) is 0 Å². The summed E-state index contributed by atoms with van der Waals surface area (Å²) < 4.78 is 1.44. The van der Waals surface area contributed by atoms with Crippen molar-refractivity contribution in [2.45, 2.75) is 20.4 Å². The van der Waals surface area contributed by atoms with Crippen LogP contribution in [0.15, 0.2) is 47.3 Å². The zero-order valence-corrected chi connectivity index (χ0v) is 12.5. The molecule has 1 amide bonds. The quantitative estimate of drug-likeness (QED) is 0.780. The summed E-state index contributed by atoms with van der Waals surface area (Å²) >= 11 is 0. The highest BCUT2D eigenvalue weighted by molar-refractivity contribution is 5.92. The van der Waals surface area contributed by atoms with Crippen LogP contribution >= 0.6 is 0 Å². The second-order valence-corrected chi connectivity index (χ2v) is 5.33. The normalized spacial score (nSPS) is 10.8. The fourth-order valence-corrected chi connectivity index (χ4v) is 2.48. The molecule has 1 heterocycles. The van der Waals surface area contributed by atoms with Crippen molar-refractivity contribution in [2.24, 2.45) is 0 Å². The molecule has 5 nitrogen and oxygen atoms in total. The summed E-state index contributed by atoms with van der Waals surface area (Å²) in [6, 6.07) is 13.1. The number of aromatic amines is 1. The standard InChI is InChI=1S/C17H17N3O2/c1-11-6-5-8-13(12(11)2)18-16(21)10-20-15-9-4-3-7-14(15)19-17(20)22/h3-9H,10H2,1-2H3,(H,18,21)(H,19,22). The summed E-state index contributed by atoms with van der Waals surface area (Å²) in [4.78, 5) is 27.0. The van der Waals surface area contributed by atoms with Crippen molar-refractivity contribution in [3.05, 3.63) is 64.1 Å². The zero-order valence-electron chi connectivity index (χ0n) is 12.5. The van der Waals surface area contributed by atoms with Gasteiger partial charge in [0.15, 0.2) is 0 Å². The molecular formula is C17H17N3O2. The predicted molar refractivity (Wildman–Crippen MR) is 87.1 cm³/mol. The fourth-order valence-electron chi connectivity index (χ4n) is 2.48.